The van der Waals surface area contributed by atoms with Crippen LogP contribution in [-0.2, 0) is 6.54 Å². The normalized spacial score (nSPS) is 12.3. The van der Waals surface area contributed by atoms with Crippen molar-refractivity contribution < 1.29 is 4.79 Å². The number of aromatic nitrogens is 6. The number of hydrogen-bond acceptors (Lipinski definition) is 4. The van der Waals surface area contributed by atoms with Gasteiger partial charge in [0.15, 0.2) is 0 Å². The van der Waals surface area contributed by atoms with Crippen LogP contribution < -0.4 is 5.32 Å². The number of amides is 1. The van der Waals surface area contributed by atoms with Crippen molar-refractivity contribution >= 4 is 16.9 Å². The molecule has 2 N–H and O–H groups in total. The van der Waals surface area contributed by atoms with E-state index in [1.807, 2.05) is 39.6 Å². The van der Waals surface area contributed by atoms with Crippen LogP contribution in [0.2, 0.25) is 0 Å². The Morgan fingerprint density at radius 1 is 1.30 bits per heavy atom. The molecule has 0 saturated carbocycles. The molecule has 0 bridgehead atoms. The maximum absolute atomic E-state index is 12.3. The van der Waals surface area contributed by atoms with Crippen molar-refractivity contribution in [2.24, 2.45) is 0 Å². The number of benzene rings is 1. The average Bonchev–Trinajstić information content (AvgIpc) is 3.43. The SMILES string of the molecule is C[C@H](CCNC(=O)c1cc(Cn2cnc3ccccc32)[nH]n1)n1ccnc1. The van der Waals surface area contributed by atoms with Crippen molar-refractivity contribution in [2.45, 2.75) is 25.9 Å². The fraction of sp³-hybridized carbons (Fsp3) is 0.263. The number of aromatic amines is 1. The summed E-state index contributed by atoms with van der Waals surface area (Å²) in [6, 6.07) is 10.00. The Labute approximate surface area is 156 Å². The highest BCUT2D eigenvalue weighted by Crippen LogP contribution is 2.14. The van der Waals surface area contributed by atoms with E-state index in [1.54, 1.807) is 24.9 Å². The molecule has 27 heavy (non-hydrogen) atoms. The first-order valence-electron chi connectivity index (χ1n) is 8.90. The lowest BCUT2D eigenvalue weighted by molar-refractivity contribution is 0.0947. The molecule has 1 amide bonds. The van der Waals surface area contributed by atoms with E-state index in [9.17, 15) is 4.79 Å². The summed E-state index contributed by atoms with van der Waals surface area (Å²) in [6.45, 7) is 3.25. The number of fused-ring (bicyclic) bond motifs is 1. The van der Waals surface area contributed by atoms with Crippen LogP contribution in [0.25, 0.3) is 11.0 Å². The number of H-pyrrole nitrogens is 1. The summed E-state index contributed by atoms with van der Waals surface area (Å²) in [5.41, 5.74) is 3.24. The van der Waals surface area contributed by atoms with Gasteiger partial charge in [0, 0.05) is 25.0 Å². The van der Waals surface area contributed by atoms with Gasteiger partial charge in [-0.05, 0) is 31.5 Å². The van der Waals surface area contributed by atoms with Crippen LogP contribution in [-0.4, -0.2) is 41.8 Å². The maximum atomic E-state index is 12.3. The highest BCUT2D eigenvalue weighted by molar-refractivity contribution is 5.92. The molecule has 0 aliphatic carbocycles. The topological polar surface area (TPSA) is 93.4 Å². The van der Waals surface area contributed by atoms with Gasteiger partial charge in [-0.1, -0.05) is 12.1 Å². The average molecular weight is 363 g/mol. The number of para-hydroxylation sites is 2. The third-order valence-electron chi connectivity index (χ3n) is 4.61. The van der Waals surface area contributed by atoms with Gasteiger partial charge < -0.3 is 14.5 Å². The first-order chi connectivity index (χ1) is 13.2. The molecule has 0 saturated heterocycles. The van der Waals surface area contributed by atoms with Crippen LogP contribution in [0.3, 0.4) is 0 Å². The van der Waals surface area contributed by atoms with Gasteiger partial charge in [0.2, 0.25) is 0 Å². The minimum atomic E-state index is -0.175. The van der Waals surface area contributed by atoms with Crippen molar-refractivity contribution in [3.8, 4) is 0 Å². The number of nitrogens with one attached hydrogen (secondary N) is 2. The van der Waals surface area contributed by atoms with Crippen LogP contribution in [0.4, 0.5) is 0 Å². The zero-order valence-corrected chi connectivity index (χ0v) is 15.0. The predicted octanol–water partition coefficient (Wildman–Crippen LogP) is 2.39. The zero-order chi connectivity index (χ0) is 18.6. The quantitative estimate of drug-likeness (QED) is 0.527. The first kappa shape index (κ1) is 17.0. The molecule has 0 unspecified atom stereocenters. The molecule has 4 rings (SSSR count). The lowest BCUT2D eigenvalue weighted by atomic mass is 10.2. The van der Waals surface area contributed by atoms with Crippen molar-refractivity contribution in [3.63, 3.8) is 0 Å². The largest absolute Gasteiger partial charge is 0.351 e. The summed E-state index contributed by atoms with van der Waals surface area (Å²) in [5.74, 6) is -0.175. The minimum Gasteiger partial charge on any atom is -0.351 e. The molecule has 3 aromatic heterocycles. The van der Waals surface area contributed by atoms with Gasteiger partial charge >= 0.3 is 0 Å². The summed E-state index contributed by atoms with van der Waals surface area (Å²) in [7, 11) is 0. The van der Waals surface area contributed by atoms with Crippen LogP contribution in [0.5, 0.6) is 0 Å². The standard InChI is InChI=1S/C19H21N7O/c1-14(25-9-8-20-12-25)6-7-21-19(27)17-10-15(23-24-17)11-26-13-22-16-4-2-3-5-18(16)26/h2-5,8-10,12-14H,6-7,11H2,1H3,(H,21,27)(H,23,24)/t14-/m1/s1. The number of carbonyl (C=O) groups is 1. The summed E-state index contributed by atoms with van der Waals surface area (Å²) in [4.78, 5) is 20.7. The molecule has 4 aromatic rings. The lowest BCUT2D eigenvalue weighted by Gasteiger charge is -2.12. The first-order valence-corrected chi connectivity index (χ1v) is 8.90. The van der Waals surface area contributed by atoms with E-state index in [0.717, 1.165) is 23.1 Å². The van der Waals surface area contributed by atoms with Crippen LogP contribution in [0.1, 0.15) is 35.6 Å². The van der Waals surface area contributed by atoms with Gasteiger partial charge in [-0.3, -0.25) is 9.89 Å². The van der Waals surface area contributed by atoms with E-state index < -0.39 is 0 Å². The van der Waals surface area contributed by atoms with Gasteiger partial charge in [0.05, 0.1) is 35.9 Å². The van der Waals surface area contributed by atoms with Crippen LogP contribution >= 0.6 is 0 Å². The molecule has 0 aliphatic rings. The number of hydrogen-bond donors (Lipinski definition) is 2. The Hall–Kier alpha value is -3.42. The Bertz CT molecular complexity index is 1030. The number of carbonyl (C=O) groups excluding carboxylic acids is 1. The molecule has 1 aromatic carbocycles. The molecule has 0 fully saturated rings. The third kappa shape index (κ3) is 3.74. The smallest absolute Gasteiger partial charge is 0.271 e. The Morgan fingerprint density at radius 2 is 2.19 bits per heavy atom. The van der Waals surface area contributed by atoms with Crippen molar-refractivity contribution in [3.05, 3.63) is 66.8 Å². The Kier molecular flexibility index (Phi) is 4.69. The highest BCUT2D eigenvalue weighted by Gasteiger charge is 2.12. The van der Waals surface area contributed by atoms with Crippen molar-refractivity contribution in [1.29, 1.82) is 0 Å². The second-order valence-corrected chi connectivity index (χ2v) is 6.54. The fourth-order valence-electron chi connectivity index (χ4n) is 3.04. The molecule has 138 valence electrons. The Morgan fingerprint density at radius 3 is 3.04 bits per heavy atom. The second-order valence-electron chi connectivity index (χ2n) is 6.54. The monoisotopic (exact) mass is 363 g/mol. The molecule has 1 atom stereocenters. The predicted molar refractivity (Wildman–Crippen MR) is 101 cm³/mol. The third-order valence-corrected chi connectivity index (χ3v) is 4.61. The molecule has 8 heteroatoms. The van der Waals surface area contributed by atoms with Crippen molar-refractivity contribution in [1.82, 2.24) is 34.6 Å². The summed E-state index contributed by atoms with van der Waals surface area (Å²) >= 11 is 0. The molecule has 0 spiro atoms. The molecular formula is C19H21N7O. The molecule has 0 radical (unpaired) electrons. The summed E-state index contributed by atoms with van der Waals surface area (Å²) in [6.07, 6.45) is 8.07. The van der Waals surface area contributed by atoms with Gasteiger partial charge in [-0.25, -0.2) is 9.97 Å². The van der Waals surface area contributed by atoms with Gasteiger partial charge in [0.1, 0.15) is 5.69 Å². The van der Waals surface area contributed by atoms with Crippen LogP contribution in [0.15, 0.2) is 55.4 Å². The summed E-state index contributed by atoms with van der Waals surface area (Å²) < 4.78 is 4.05. The molecule has 8 nitrogen and oxygen atoms in total. The second kappa shape index (κ2) is 7.45. The van der Waals surface area contributed by atoms with E-state index >= 15 is 0 Å². The van der Waals surface area contributed by atoms with E-state index in [1.165, 1.54) is 0 Å². The van der Waals surface area contributed by atoms with E-state index in [-0.39, 0.29) is 11.9 Å². The molecule has 3 heterocycles. The molecule has 0 aliphatic heterocycles. The zero-order valence-electron chi connectivity index (χ0n) is 15.0. The fourth-order valence-corrected chi connectivity index (χ4v) is 3.04. The van der Waals surface area contributed by atoms with E-state index in [0.29, 0.717) is 18.8 Å². The summed E-state index contributed by atoms with van der Waals surface area (Å²) in [5, 5.41) is 10.00. The molecular weight excluding hydrogens is 342 g/mol. The number of nitrogens with zero attached hydrogens (tertiary/aromatic N) is 5. The van der Waals surface area contributed by atoms with Gasteiger partial charge in [-0.2, -0.15) is 5.10 Å². The van der Waals surface area contributed by atoms with Crippen molar-refractivity contribution in [2.75, 3.05) is 6.54 Å². The number of imidazole rings is 2. The Balaban J connectivity index is 1.34. The highest BCUT2D eigenvalue weighted by atomic mass is 16.1. The lowest BCUT2D eigenvalue weighted by Crippen LogP contribution is -2.26. The van der Waals surface area contributed by atoms with E-state index in [4.69, 9.17) is 0 Å². The van der Waals surface area contributed by atoms with Crippen LogP contribution in [0, 0.1) is 0 Å². The minimum absolute atomic E-state index is 0.175. The van der Waals surface area contributed by atoms with Gasteiger partial charge in [-0.15, -0.1) is 0 Å². The number of rotatable bonds is 7. The maximum Gasteiger partial charge on any atom is 0.271 e. The van der Waals surface area contributed by atoms with E-state index in [2.05, 4.69) is 32.4 Å². The van der Waals surface area contributed by atoms with Gasteiger partial charge in [0.25, 0.3) is 5.91 Å².